The molecule has 0 aromatic heterocycles. The highest BCUT2D eigenvalue weighted by atomic mass is 16.5. The summed E-state index contributed by atoms with van der Waals surface area (Å²) in [5.41, 5.74) is 2.67. The van der Waals surface area contributed by atoms with E-state index in [4.69, 9.17) is 9.47 Å². The maximum atomic E-state index is 12.0. The van der Waals surface area contributed by atoms with Crippen LogP contribution in [0.25, 0.3) is 0 Å². The smallest absolute Gasteiger partial charge is 0.262 e. The summed E-state index contributed by atoms with van der Waals surface area (Å²) < 4.78 is 10.8. The number of amides is 1. The van der Waals surface area contributed by atoms with Gasteiger partial charge in [-0.15, -0.1) is 0 Å². The first-order chi connectivity index (χ1) is 13.6. The van der Waals surface area contributed by atoms with Crippen LogP contribution in [0.2, 0.25) is 0 Å². The highest BCUT2D eigenvalue weighted by Gasteiger charge is 2.14. The van der Waals surface area contributed by atoms with Gasteiger partial charge in [0.1, 0.15) is 5.75 Å². The SMILES string of the molecule is Cc1ccc(OCC(=O)Nc2ccc(C(O)CCN3CCOCC3)cc2)cc1. The number of morpholine rings is 1. The Morgan fingerprint density at radius 1 is 1.14 bits per heavy atom. The van der Waals surface area contributed by atoms with Crippen LogP contribution in [-0.4, -0.2) is 55.4 Å². The fourth-order valence-electron chi connectivity index (χ4n) is 3.07. The number of carbonyl (C=O) groups is 1. The first-order valence-electron chi connectivity index (χ1n) is 9.67. The van der Waals surface area contributed by atoms with E-state index in [-0.39, 0.29) is 12.5 Å². The van der Waals surface area contributed by atoms with E-state index in [1.54, 1.807) is 12.1 Å². The topological polar surface area (TPSA) is 71.0 Å². The molecule has 150 valence electrons. The molecule has 1 heterocycles. The maximum absolute atomic E-state index is 12.0. The molecule has 0 saturated carbocycles. The number of anilines is 1. The number of nitrogens with zero attached hydrogens (tertiary/aromatic N) is 1. The van der Waals surface area contributed by atoms with Gasteiger partial charge in [0, 0.05) is 25.3 Å². The van der Waals surface area contributed by atoms with E-state index in [2.05, 4.69) is 10.2 Å². The summed E-state index contributed by atoms with van der Waals surface area (Å²) in [5.74, 6) is 0.445. The van der Waals surface area contributed by atoms with E-state index < -0.39 is 6.10 Å². The Hall–Kier alpha value is -2.41. The van der Waals surface area contributed by atoms with E-state index in [1.165, 1.54) is 0 Å². The zero-order chi connectivity index (χ0) is 19.8. The van der Waals surface area contributed by atoms with Crippen molar-refractivity contribution in [2.75, 3.05) is 44.8 Å². The number of hydrogen-bond donors (Lipinski definition) is 2. The molecule has 6 nitrogen and oxygen atoms in total. The Balaban J connectivity index is 1.42. The van der Waals surface area contributed by atoms with Crippen LogP contribution in [0.3, 0.4) is 0 Å². The monoisotopic (exact) mass is 384 g/mol. The van der Waals surface area contributed by atoms with Crippen LogP contribution in [0, 0.1) is 6.92 Å². The fourth-order valence-corrected chi connectivity index (χ4v) is 3.07. The maximum Gasteiger partial charge on any atom is 0.262 e. The number of aliphatic hydroxyl groups excluding tert-OH is 1. The number of rotatable bonds is 8. The minimum atomic E-state index is -0.516. The van der Waals surface area contributed by atoms with Crippen LogP contribution in [-0.2, 0) is 9.53 Å². The van der Waals surface area contributed by atoms with Gasteiger partial charge in [-0.1, -0.05) is 29.8 Å². The van der Waals surface area contributed by atoms with Gasteiger partial charge in [-0.3, -0.25) is 9.69 Å². The van der Waals surface area contributed by atoms with E-state index >= 15 is 0 Å². The molecule has 3 rings (SSSR count). The van der Waals surface area contributed by atoms with E-state index in [9.17, 15) is 9.90 Å². The summed E-state index contributed by atoms with van der Waals surface area (Å²) in [5, 5.41) is 13.2. The largest absolute Gasteiger partial charge is 0.484 e. The molecule has 2 aromatic carbocycles. The summed E-state index contributed by atoms with van der Waals surface area (Å²) in [6, 6.07) is 14.9. The minimum Gasteiger partial charge on any atom is -0.484 e. The lowest BCUT2D eigenvalue weighted by atomic mass is 10.1. The third-order valence-corrected chi connectivity index (χ3v) is 4.79. The van der Waals surface area contributed by atoms with Gasteiger partial charge in [0.05, 0.1) is 19.3 Å². The second-order valence-corrected chi connectivity index (χ2v) is 7.03. The molecule has 1 aliphatic rings. The van der Waals surface area contributed by atoms with E-state index in [1.807, 2.05) is 43.3 Å². The molecule has 0 radical (unpaired) electrons. The summed E-state index contributed by atoms with van der Waals surface area (Å²) in [6.07, 6.45) is 0.160. The van der Waals surface area contributed by atoms with Crippen LogP contribution >= 0.6 is 0 Å². The van der Waals surface area contributed by atoms with Gasteiger partial charge >= 0.3 is 0 Å². The normalized spacial score (nSPS) is 15.8. The van der Waals surface area contributed by atoms with E-state index in [0.29, 0.717) is 17.9 Å². The van der Waals surface area contributed by atoms with Crippen LogP contribution < -0.4 is 10.1 Å². The molecule has 1 atom stereocenters. The van der Waals surface area contributed by atoms with Crippen molar-refractivity contribution in [2.24, 2.45) is 0 Å². The van der Waals surface area contributed by atoms with Crippen LogP contribution in [0.15, 0.2) is 48.5 Å². The Morgan fingerprint density at radius 2 is 1.82 bits per heavy atom. The van der Waals surface area contributed by atoms with Gasteiger partial charge < -0.3 is 19.9 Å². The van der Waals surface area contributed by atoms with Gasteiger partial charge in [-0.05, 0) is 43.2 Å². The number of ether oxygens (including phenoxy) is 2. The van der Waals surface area contributed by atoms with Gasteiger partial charge in [0.25, 0.3) is 5.91 Å². The summed E-state index contributed by atoms with van der Waals surface area (Å²) >= 11 is 0. The third kappa shape index (κ3) is 6.34. The molecule has 2 aromatic rings. The van der Waals surface area contributed by atoms with Crippen molar-refractivity contribution in [2.45, 2.75) is 19.4 Å². The minimum absolute atomic E-state index is 0.0486. The molecular formula is C22H28N2O4. The summed E-state index contributed by atoms with van der Waals surface area (Å²) in [7, 11) is 0. The van der Waals surface area contributed by atoms with Crippen LogP contribution in [0.4, 0.5) is 5.69 Å². The van der Waals surface area contributed by atoms with Gasteiger partial charge in [-0.25, -0.2) is 0 Å². The molecule has 1 unspecified atom stereocenters. The zero-order valence-electron chi connectivity index (χ0n) is 16.3. The quantitative estimate of drug-likeness (QED) is 0.732. The molecule has 2 N–H and O–H groups in total. The van der Waals surface area contributed by atoms with Crippen molar-refractivity contribution < 1.29 is 19.4 Å². The van der Waals surface area contributed by atoms with E-state index in [0.717, 1.165) is 44.0 Å². The number of carbonyl (C=O) groups excluding carboxylic acids is 1. The number of nitrogens with one attached hydrogen (secondary N) is 1. The van der Waals surface area contributed by atoms with Crippen molar-refractivity contribution in [1.82, 2.24) is 4.90 Å². The molecule has 28 heavy (non-hydrogen) atoms. The molecule has 1 saturated heterocycles. The first-order valence-corrected chi connectivity index (χ1v) is 9.67. The number of aryl methyl sites for hydroxylation is 1. The Kier molecular flexibility index (Phi) is 7.42. The molecule has 0 bridgehead atoms. The zero-order valence-corrected chi connectivity index (χ0v) is 16.3. The third-order valence-electron chi connectivity index (χ3n) is 4.79. The first kappa shape index (κ1) is 20.3. The average molecular weight is 384 g/mol. The lowest BCUT2D eigenvalue weighted by Gasteiger charge is -2.27. The summed E-state index contributed by atoms with van der Waals surface area (Å²) in [4.78, 5) is 14.3. The lowest BCUT2D eigenvalue weighted by molar-refractivity contribution is -0.118. The second-order valence-electron chi connectivity index (χ2n) is 7.03. The van der Waals surface area contributed by atoms with Gasteiger partial charge in [0.2, 0.25) is 0 Å². The highest BCUT2D eigenvalue weighted by molar-refractivity contribution is 5.91. The number of hydrogen-bond acceptors (Lipinski definition) is 5. The predicted molar refractivity (Wildman–Crippen MR) is 109 cm³/mol. The Morgan fingerprint density at radius 3 is 2.50 bits per heavy atom. The summed E-state index contributed by atoms with van der Waals surface area (Å²) in [6.45, 7) is 6.16. The van der Waals surface area contributed by atoms with Crippen LogP contribution in [0.1, 0.15) is 23.7 Å². The van der Waals surface area contributed by atoms with Gasteiger partial charge in [0.15, 0.2) is 6.61 Å². The van der Waals surface area contributed by atoms with Crippen LogP contribution in [0.5, 0.6) is 5.75 Å². The Labute approximate surface area is 166 Å². The molecule has 0 spiro atoms. The fraction of sp³-hybridized carbons (Fsp3) is 0.409. The number of benzene rings is 2. The van der Waals surface area contributed by atoms with Crippen molar-refractivity contribution in [3.05, 3.63) is 59.7 Å². The molecule has 1 aliphatic heterocycles. The van der Waals surface area contributed by atoms with Crippen molar-refractivity contribution in [1.29, 1.82) is 0 Å². The molecular weight excluding hydrogens is 356 g/mol. The van der Waals surface area contributed by atoms with Gasteiger partial charge in [-0.2, -0.15) is 0 Å². The second kappa shape index (κ2) is 10.2. The van der Waals surface area contributed by atoms with Crippen molar-refractivity contribution in [3.8, 4) is 5.75 Å². The lowest BCUT2D eigenvalue weighted by Crippen LogP contribution is -2.37. The predicted octanol–water partition coefficient (Wildman–Crippen LogP) is 2.77. The molecule has 6 heteroatoms. The number of aliphatic hydroxyl groups is 1. The Bertz CT molecular complexity index is 740. The highest BCUT2D eigenvalue weighted by Crippen LogP contribution is 2.20. The molecule has 1 amide bonds. The standard InChI is InChI=1S/C22H28N2O4/c1-17-2-8-20(9-3-17)28-16-22(26)23-19-6-4-18(5-7-19)21(25)10-11-24-12-14-27-15-13-24/h2-9,21,25H,10-16H2,1H3,(H,23,26). The molecule has 0 aliphatic carbocycles. The average Bonchev–Trinajstić information content (AvgIpc) is 2.73. The van der Waals surface area contributed by atoms with Crippen molar-refractivity contribution in [3.63, 3.8) is 0 Å². The molecule has 1 fully saturated rings. The van der Waals surface area contributed by atoms with Crippen molar-refractivity contribution >= 4 is 11.6 Å².